The van der Waals surface area contributed by atoms with E-state index < -0.39 is 24.3 Å². The molecule has 6 heteroatoms. The Balaban J connectivity index is 2.54. The van der Waals surface area contributed by atoms with Crippen molar-refractivity contribution in [3.8, 4) is 0 Å². The summed E-state index contributed by atoms with van der Waals surface area (Å²) in [6, 6.07) is 0. The summed E-state index contributed by atoms with van der Waals surface area (Å²) in [4.78, 5) is 23.4. The van der Waals surface area contributed by atoms with E-state index in [1.165, 1.54) is 7.11 Å². The van der Waals surface area contributed by atoms with E-state index in [0.717, 1.165) is 5.57 Å². The molecule has 0 radical (unpaired) electrons. The van der Waals surface area contributed by atoms with Crippen molar-refractivity contribution in [2.45, 2.75) is 44.5 Å². The van der Waals surface area contributed by atoms with E-state index in [2.05, 4.69) is 6.58 Å². The lowest BCUT2D eigenvalue weighted by atomic mass is 9.91. The molecule has 0 amide bonds. The summed E-state index contributed by atoms with van der Waals surface area (Å²) >= 11 is 0. The van der Waals surface area contributed by atoms with Crippen LogP contribution in [0, 0.1) is 0 Å². The average Bonchev–Trinajstić information content (AvgIpc) is 2.46. The van der Waals surface area contributed by atoms with Crippen LogP contribution >= 0.6 is 0 Å². The first-order chi connectivity index (χ1) is 9.97. The number of carbonyl (C=O) groups is 2. The van der Waals surface area contributed by atoms with Crippen molar-refractivity contribution in [1.82, 2.24) is 0 Å². The second-order valence-corrected chi connectivity index (χ2v) is 4.92. The van der Waals surface area contributed by atoms with Gasteiger partial charge in [0.25, 0.3) is 0 Å². The van der Waals surface area contributed by atoms with Gasteiger partial charge in [-0.05, 0) is 6.92 Å². The second kappa shape index (κ2) is 8.71. The third-order valence-electron chi connectivity index (χ3n) is 3.23. The van der Waals surface area contributed by atoms with Gasteiger partial charge >= 0.3 is 5.97 Å². The zero-order chi connectivity index (χ0) is 15.8. The molecule has 0 bridgehead atoms. The van der Waals surface area contributed by atoms with E-state index in [1.54, 1.807) is 12.2 Å². The number of aliphatic hydroxyl groups is 1. The third kappa shape index (κ3) is 5.79. The molecule has 1 rings (SSSR count). The largest absolute Gasteiger partial charge is 0.459 e. The number of aliphatic hydroxyl groups excluding tert-OH is 1. The van der Waals surface area contributed by atoms with Gasteiger partial charge in [-0.2, -0.15) is 0 Å². The van der Waals surface area contributed by atoms with Gasteiger partial charge in [0.1, 0.15) is 19.0 Å². The number of methoxy groups -OCH3 is 1. The average molecular weight is 298 g/mol. The molecule has 0 heterocycles. The monoisotopic (exact) mass is 298 g/mol. The lowest BCUT2D eigenvalue weighted by Crippen LogP contribution is -2.45. The highest BCUT2D eigenvalue weighted by atomic mass is 16.7. The van der Waals surface area contributed by atoms with Gasteiger partial charge in [-0.25, -0.2) is 0 Å². The van der Waals surface area contributed by atoms with E-state index in [4.69, 9.17) is 14.2 Å². The molecule has 21 heavy (non-hydrogen) atoms. The van der Waals surface area contributed by atoms with Crippen molar-refractivity contribution >= 4 is 11.8 Å². The minimum absolute atomic E-state index is 0.0194. The first-order valence-corrected chi connectivity index (χ1v) is 6.78. The zero-order valence-electron chi connectivity index (χ0n) is 12.4. The lowest BCUT2D eigenvalue weighted by Gasteiger charge is -2.31. The standard InChI is InChI=1S/C15H22O6/c1-4-10(2)5-6-15(18)21-14-8-13(20-9-19-3)11(16)7-12(14)17/h4-5,12-14,17H,1,6-9H2,2-3H3/b10-5+/t12?,13-,14-/m0/s1. The molecule has 0 spiro atoms. The number of hydrogen-bond acceptors (Lipinski definition) is 6. The van der Waals surface area contributed by atoms with Crippen molar-refractivity contribution in [3.05, 3.63) is 24.3 Å². The van der Waals surface area contributed by atoms with Gasteiger partial charge in [0.2, 0.25) is 0 Å². The van der Waals surface area contributed by atoms with Gasteiger partial charge in [-0.3, -0.25) is 9.59 Å². The molecule has 0 aromatic carbocycles. The smallest absolute Gasteiger partial charge is 0.310 e. The SMILES string of the molecule is C=C/C(C)=C/CC(=O)O[C@H]1C[C@H](OCOC)C(=O)CC1O. The highest BCUT2D eigenvalue weighted by Crippen LogP contribution is 2.22. The Morgan fingerprint density at radius 2 is 2.24 bits per heavy atom. The van der Waals surface area contributed by atoms with Gasteiger partial charge in [0.15, 0.2) is 5.78 Å². The van der Waals surface area contributed by atoms with Crippen LogP contribution in [0.4, 0.5) is 0 Å². The quantitative estimate of drug-likeness (QED) is 0.431. The Labute approximate surface area is 124 Å². The van der Waals surface area contributed by atoms with E-state index in [0.29, 0.717) is 0 Å². The Morgan fingerprint density at radius 3 is 2.86 bits per heavy atom. The topological polar surface area (TPSA) is 82.1 Å². The van der Waals surface area contributed by atoms with Crippen molar-refractivity contribution in [2.75, 3.05) is 13.9 Å². The molecule has 0 aromatic heterocycles. The van der Waals surface area contributed by atoms with E-state index >= 15 is 0 Å². The molecule has 3 atom stereocenters. The van der Waals surface area contributed by atoms with E-state index in [-0.39, 0.29) is 31.8 Å². The number of ether oxygens (including phenoxy) is 3. The number of rotatable bonds is 7. The highest BCUT2D eigenvalue weighted by molar-refractivity contribution is 5.84. The Bertz CT molecular complexity index is 414. The van der Waals surface area contributed by atoms with Crippen LogP contribution in [0.1, 0.15) is 26.2 Å². The highest BCUT2D eigenvalue weighted by Gasteiger charge is 2.37. The van der Waals surface area contributed by atoms with E-state index in [9.17, 15) is 14.7 Å². The van der Waals surface area contributed by atoms with Crippen LogP contribution in [0.3, 0.4) is 0 Å². The molecule has 6 nitrogen and oxygen atoms in total. The maximum Gasteiger partial charge on any atom is 0.310 e. The van der Waals surface area contributed by atoms with Gasteiger partial charge < -0.3 is 19.3 Å². The number of esters is 1. The second-order valence-electron chi connectivity index (χ2n) is 4.92. The van der Waals surface area contributed by atoms with Gasteiger partial charge in [0, 0.05) is 20.0 Å². The van der Waals surface area contributed by atoms with Crippen LogP contribution < -0.4 is 0 Å². The maximum atomic E-state index is 11.7. The molecule has 118 valence electrons. The van der Waals surface area contributed by atoms with Crippen LogP contribution in [0.25, 0.3) is 0 Å². The van der Waals surface area contributed by atoms with Crippen LogP contribution in [-0.4, -0.2) is 49.1 Å². The first kappa shape index (κ1) is 17.6. The molecule has 1 aliphatic rings. The lowest BCUT2D eigenvalue weighted by molar-refractivity contribution is -0.172. The van der Waals surface area contributed by atoms with Crippen molar-refractivity contribution < 1.29 is 28.9 Å². The predicted octanol–water partition coefficient (Wildman–Crippen LogP) is 1.13. The maximum absolute atomic E-state index is 11.7. The summed E-state index contributed by atoms with van der Waals surface area (Å²) in [7, 11) is 1.45. The third-order valence-corrected chi connectivity index (χ3v) is 3.23. The molecule has 1 fully saturated rings. The fourth-order valence-electron chi connectivity index (χ4n) is 1.95. The molecule has 1 aliphatic carbocycles. The number of carbonyl (C=O) groups excluding carboxylic acids is 2. The van der Waals surface area contributed by atoms with Crippen molar-refractivity contribution in [2.24, 2.45) is 0 Å². The van der Waals surface area contributed by atoms with Crippen LogP contribution in [-0.2, 0) is 23.8 Å². The molecule has 1 N–H and O–H groups in total. The minimum atomic E-state index is -0.992. The summed E-state index contributed by atoms with van der Waals surface area (Å²) in [5.41, 5.74) is 0.868. The van der Waals surface area contributed by atoms with Gasteiger partial charge in [-0.1, -0.05) is 24.3 Å². The Kier molecular flexibility index (Phi) is 7.28. The number of Topliss-reactive ketones (excluding diaryl/α,β-unsaturated/α-hetero) is 1. The molecule has 0 saturated heterocycles. The Morgan fingerprint density at radius 1 is 1.52 bits per heavy atom. The van der Waals surface area contributed by atoms with Crippen LogP contribution in [0.2, 0.25) is 0 Å². The molecule has 1 saturated carbocycles. The van der Waals surface area contributed by atoms with Gasteiger partial charge in [-0.15, -0.1) is 0 Å². The first-order valence-electron chi connectivity index (χ1n) is 6.78. The molecular weight excluding hydrogens is 276 g/mol. The number of allylic oxidation sites excluding steroid dienone is 2. The summed E-state index contributed by atoms with van der Waals surface area (Å²) in [6.07, 6.45) is 1.02. The molecule has 0 aliphatic heterocycles. The normalized spacial score (nSPS) is 26.5. The van der Waals surface area contributed by atoms with Crippen molar-refractivity contribution in [3.63, 3.8) is 0 Å². The van der Waals surface area contributed by atoms with Gasteiger partial charge in [0.05, 0.1) is 12.5 Å². The number of hydrogen-bond donors (Lipinski definition) is 1. The summed E-state index contributed by atoms with van der Waals surface area (Å²) in [5, 5.41) is 9.84. The van der Waals surface area contributed by atoms with Crippen molar-refractivity contribution in [1.29, 1.82) is 0 Å². The summed E-state index contributed by atoms with van der Waals surface area (Å²) < 4.78 is 15.2. The zero-order valence-corrected chi connectivity index (χ0v) is 12.4. The fourth-order valence-corrected chi connectivity index (χ4v) is 1.95. The molecule has 1 unspecified atom stereocenters. The molecular formula is C15H22O6. The predicted molar refractivity (Wildman–Crippen MR) is 75.4 cm³/mol. The molecule has 0 aromatic rings. The minimum Gasteiger partial charge on any atom is -0.459 e. The van der Waals surface area contributed by atoms with E-state index in [1.807, 2.05) is 6.92 Å². The summed E-state index contributed by atoms with van der Waals surface area (Å²) in [6.45, 7) is 5.39. The number of ketones is 1. The van der Waals surface area contributed by atoms with Crippen LogP contribution in [0.5, 0.6) is 0 Å². The van der Waals surface area contributed by atoms with Crippen LogP contribution in [0.15, 0.2) is 24.3 Å². The Hall–Kier alpha value is -1.50. The summed E-state index contributed by atoms with van der Waals surface area (Å²) in [5.74, 6) is -0.672. The fraction of sp³-hybridized carbons (Fsp3) is 0.600.